The van der Waals surface area contributed by atoms with Crippen LogP contribution in [-0.2, 0) is 87.2 Å². The number of hydrogen-bond acceptors (Lipinski definition) is 28. The number of aliphatic hydroxyl groups is 7. The van der Waals surface area contributed by atoms with Gasteiger partial charge in [-0.15, -0.1) is 0 Å². The number of carbonyl (C=O) groups is 6. The molecule has 0 saturated carbocycles. The number of phenolic OH excluding ortho intramolecular Hbond substituents is 2. The van der Waals surface area contributed by atoms with Crippen molar-refractivity contribution < 1.29 is 147 Å². The van der Waals surface area contributed by atoms with Crippen LogP contribution in [0.3, 0.4) is 0 Å². The van der Waals surface area contributed by atoms with Gasteiger partial charge in [-0.3, -0.25) is 28.8 Å². The molecule has 0 spiro atoms. The summed E-state index contributed by atoms with van der Waals surface area (Å²) in [5, 5.41) is 116. The van der Waals surface area contributed by atoms with Crippen LogP contribution in [0.1, 0.15) is 109 Å². The number of esters is 2. The van der Waals surface area contributed by atoms with Gasteiger partial charge in [-0.2, -0.15) is 0 Å². The number of aliphatic carboxylic acids is 2. The highest BCUT2D eigenvalue weighted by molar-refractivity contribution is 6.11. The van der Waals surface area contributed by atoms with Crippen LogP contribution in [0.25, 0.3) is 10.8 Å². The summed E-state index contributed by atoms with van der Waals surface area (Å²) in [6, 6.07) is 2.88. The van der Waals surface area contributed by atoms with Gasteiger partial charge in [0.2, 0.25) is 0 Å². The lowest BCUT2D eigenvalue weighted by molar-refractivity contribution is -0.235. The van der Waals surface area contributed by atoms with Crippen molar-refractivity contribution in [3.63, 3.8) is 0 Å². The molecule has 1 fully saturated rings. The fraction of sp³-hybridized carbons (Fsp3) is 0.719. The molecular formula is C57H86O30. The van der Waals surface area contributed by atoms with E-state index in [-0.39, 0.29) is 59.3 Å². The van der Waals surface area contributed by atoms with Crippen molar-refractivity contribution in [3.05, 3.63) is 28.8 Å². The minimum absolute atomic E-state index is 0.0405. The van der Waals surface area contributed by atoms with E-state index >= 15 is 0 Å². The number of benzene rings is 2. The van der Waals surface area contributed by atoms with Crippen LogP contribution in [0.2, 0.25) is 0 Å². The summed E-state index contributed by atoms with van der Waals surface area (Å²) >= 11 is 0. The molecule has 19 atom stereocenters. The number of phenols is 2. The number of rotatable bonds is 39. The molecule has 9 unspecified atom stereocenters. The molecule has 11 N–H and O–H groups in total. The van der Waals surface area contributed by atoms with Crippen LogP contribution in [0.4, 0.5) is 0 Å². The number of Topliss-reactive ketones (excluding diaryl/α,β-unsaturated/α-hetero) is 2. The van der Waals surface area contributed by atoms with Crippen LogP contribution < -0.4 is 4.74 Å². The van der Waals surface area contributed by atoms with Crippen LogP contribution in [0.5, 0.6) is 17.2 Å². The van der Waals surface area contributed by atoms with Gasteiger partial charge in [0, 0.05) is 18.6 Å². The predicted octanol–water partition coefficient (Wildman–Crippen LogP) is 0.405. The summed E-state index contributed by atoms with van der Waals surface area (Å²) in [5.74, 6) is -8.81. The van der Waals surface area contributed by atoms with E-state index in [9.17, 15) is 74.7 Å². The smallest absolute Gasteiger partial charge is 0.306 e. The monoisotopic (exact) mass is 1250 g/mol. The van der Waals surface area contributed by atoms with Crippen LogP contribution in [0, 0.1) is 12.8 Å². The lowest BCUT2D eigenvalue weighted by Gasteiger charge is -2.38. The van der Waals surface area contributed by atoms with Gasteiger partial charge in [0.1, 0.15) is 85.1 Å². The Bertz CT molecular complexity index is 2590. The summed E-state index contributed by atoms with van der Waals surface area (Å²) in [6.07, 6.45) is -23.8. The number of carboxylic acid groups (broad SMARTS) is 2. The maximum atomic E-state index is 14.9. The van der Waals surface area contributed by atoms with Crippen molar-refractivity contribution in [1.82, 2.24) is 0 Å². The average Bonchev–Trinajstić information content (AvgIpc) is 1.39. The molecule has 30 heteroatoms. The van der Waals surface area contributed by atoms with Gasteiger partial charge in [0.25, 0.3) is 0 Å². The van der Waals surface area contributed by atoms with Gasteiger partial charge in [0.05, 0.1) is 87.0 Å². The average molecular weight is 1250 g/mol. The fourth-order valence-corrected chi connectivity index (χ4v) is 9.28. The Morgan fingerprint density at radius 3 is 1.86 bits per heavy atom. The van der Waals surface area contributed by atoms with E-state index in [2.05, 4.69) is 0 Å². The molecule has 0 bridgehead atoms. The van der Waals surface area contributed by atoms with Gasteiger partial charge in [-0.1, -0.05) is 0 Å². The lowest BCUT2D eigenvalue weighted by atomic mass is 9.75. The number of ether oxygens (including phenoxy) is 13. The first-order chi connectivity index (χ1) is 40.7. The molecule has 4 rings (SSSR count). The first kappa shape index (κ1) is 74.1. The quantitative estimate of drug-likeness (QED) is 0.0245. The van der Waals surface area contributed by atoms with Crippen molar-refractivity contribution in [2.24, 2.45) is 5.92 Å². The van der Waals surface area contributed by atoms with Gasteiger partial charge < -0.3 is 118 Å². The summed E-state index contributed by atoms with van der Waals surface area (Å²) in [5.41, 5.74) is -1.85. The van der Waals surface area contributed by atoms with Crippen molar-refractivity contribution in [3.8, 4) is 17.2 Å². The van der Waals surface area contributed by atoms with E-state index < -0.39 is 209 Å². The third kappa shape index (κ3) is 20.9. The molecule has 30 nitrogen and oxygen atoms in total. The zero-order chi connectivity index (χ0) is 65.4. The Balaban J connectivity index is 1.47. The van der Waals surface area contributed by atoms with E-state index in [0.717, 1.165) is 7.11 Å². The number of methoxy groups -OCH3 is 1. The van der Waals surface area contributed by atoms with E-state index in [1.54, 1.807) is 6.92 Å². The maximum absolute atomic E-state index is 14.9. The first-order valence-corrected chi connectivity index (χ1v) is 28.2. The predicted molar refractivity (Wildman–Crippen MR) is 295 cm³/mol. The molecule has 87 heavy (non-hydrogen) atoms. The van der Waals surface area contributed by atoms with Crippen LogP contribution in [-0.4, -0.2) is 249 Å². The van der Waals surface area contributed by atoms with E-state index in [4.69, 9.17) is 71.8 Å². The zero-order valence-corrected chi connectivity index (χ0v) is 50.5. The second kappa shape index (κ2) is 34.0. The fourth-order valence-electron chi connectivity index (χ4n) is 9.28. The molecular weight excluding hydrogens is 1160 g/mol. The van der Waals surface area contributed by atoms with Crippen molar-refractivity contribution in [2.75, 3.05) is 47.1 Å². The van der Waals surface area contributed by atoms with Crippen molar-refractivity contribution in [1.29, 1.82) is 0 Å². The molecule has 0 amide bonds. The summed E-state index contributed by atoms with van der Waals surface area (Å²) in [6.45, 7) is 12.0. The number of carboxylic acids is 2. The Kier molecular flexibility index (Phi) is 29.0. The number of fused-ring (bicyclic) bond motifs is 2. The maximum Gasteiger partial charge on any atom is 0.306 e. The topological polar surface area (TPSA) is 445 Å². The molecule has 1 saturated heterocycles. The van der Waals surface area contributed by atoms with E-state index in [0.29, 0.717) is 0 Å². The van der Waals surface area contributed by atoms with Gasteiger partial charge in [0.15, 0.2) is 43.3 Å². The van der Waals surface area contributed by atoms with Crippen LogP contribution >= 0.6 is 0 Å². The minimum atomic E-state index is -2.09. The highest BCUT2D eigenvalue weighted by Crippen LogP contribution is 2.46. The van der Waals surface area contributed by atoms with Gasteiger partial charge in [-0.25, -0.2) is 0 Å². The molecule has 2 aliphatic rings. The molecule has 1 aliphatic heterocycles. The van der Waals surface area contributed by atoms with Crippen LogP contribution in [0.15, 0.2) is 12.1 Å². The number of carbonyl (C=O) groups excluding carboxylic acids is 4. The Morgan fingerprint density at radius 1 is 0.713 bits per heavy atom. The van der Waals surface area contributed by atoms with Gasteiger partial charge >= 0.3 is 23.9 Å². The number of ketones is 2. The molecule has 494 valence electrons. The highest BCUT2D eigenvalue weighted by Gasteiger charge is 2.52. The number of aliphatic hydroxyl groups excluding tert-OH is 6. The number of aromatic hydroxyl groups is 2. The van der Waals surface area contributed by atoms with E-state index in [1.165, 1.54) is 74.4 Å². The SMILES string of the molecule is CO[C@H](C(=O)[C@@H](O)[C@@H](C)OC(=O)CCC(=O)O)[C@@H]1Cc2cc3cc(OCOC(C)[C@@H](O)COCOC(C)[C@@H](O)COC(=O)CCC(=O)O)c(C)c(O)c3c(O)c2C(=O)[C@H]1OC(C)OC(C)[C@@H](O)COC(C)OC(C)[C@H](O)COC1OC(C)[C@@H](O)C1(C)O. The lowest BCUT2D eigenvalue weighted by Crippen LogP contribution is -2.53. The zero-order valence-electron chi connectivity index (χ0n) is 50.5. The van der Waals surface area contributed by atoms with Crippen molar-refractivity contribution >= 4 is 46.2 Å². The molecule has 0 radical (unpaired) electrons. The van der Waals surface area contributed by atoms with Crippen molar-refractivity contribution in [2.45, 2.75) is 211 Å². The third-order valence-electron chi connectivity index (χ3n) is 14.8. The Hall–Kier alpha value is -5.36. The first-order valence-electron chi connectivity index (χ1n) is 28.2. The molecule has 0 aromatic heterocycles. The highest BCUT2D eigenvalue weighted by atomic mass is 16.7. The third-order valence-corrected chi connectivity index (χ3v) is 14.8. The summed E-state index contributed by atoms with van der Waals surface area (Å²) in [4.78, 5) is 74.8. The summed E-state index contributed by atoms with van der Waals surface area (Å²) < 4.78 is 72.4. The second-order valence-corrected chi connectivity index (χ2v) is 21.8. The minimum Gasteiger partial charge on any atom is -0.507 e. The van der Waals surface area contributed by atoms with Gasteiger partial charge in [-0.05, 0) is 98.7 Å². The van der Waals surface area contributed by atoms with E-state index in [1.807, 2.05) is 0 Å². The molecule has 1 heterocycles. The number of hydrogen-bond donors (Lipinski definition) is 11. The summed E-state index contributed by atoms with van der Waals surface area (Å²) in [7, 11) is 1.11. The standard InChI is InChI=1S/C57H86O30/c1-25-41(82-24-81-26(2)37(58)19-76-23-80-27(3)38(59)21-78-44(66)14-12-42(62)63)18-35-16-34-17-36(53(75-11)52(72)49(69)30(6)85-45(67)15-13-43(64)65)54(51(71)47(34)50(70)46(35)48(25)68)87-33(9)84-29(5)39(60)20-77-32(8)83-28(4)40(61)22-79-56-57(10,74)55(73)31(7)86-56/h16,18,26-33,36-40,49,53-56,58-61,68-70,73-74H,12-15,17,19-24H2,1-11H3,(H,62,63)(H,64,65)/t26?,27?,28?,29?,30-,31?,32?,33?,36+,37+,38+,39+,40-,49+,53+,54+,55-,56?,57?/m1/s1. The largest absolute Gasteiger partial charge is 0.507 e. The second-order valence-electron chi connectivity index (χ2n) is 21.8. The Labute approximate surface area is 501 Å². The Morgan fingerprint density at radius 2 is 1.28 bits per heavy atom. The molecule has 2 aromatic rings. The molecule has 2 aromatic carbocycles. The normalized spacial score (nSPS) is 24.1. The molecule has 1 aliphatic carbocycles.